The molecule has 2 N–H and O–H groups in total. The van der Waals surface area contributed by atoms with E-state index in [0.717, 1.165) is 0 Å². The minimum absolute atomic E-state index is 0. The van der Waals surface area contributed by atoms with E-state index >= 15 is 0 Å². The molecule has 0 aromatic rings. The Morgan fingerprint density at radius 1 is 1.75 bits per heavy atom. The number of rotatable bonds is 2. The van der Waals surface area contributed by atoms with Crippen LogP contribution >= 0.6 is 7.82 Å². The molecule has 8 heavy (non-hydrogen) atoms. The molecule has 0 bridgehead atoms. The number of hydrogen-bond acceptors (Lipinski definition) is 2. The zero-order valence-electron chi connectivity index (χ0n) is 5.87. The maximum Gasteiger partial charge on any atom is 1.00 e. The molecule has 0 atom stereocenters. The van der Waals surface area contributed by atoms with E-state index in [-0.39, 0.29) is 26.9 Å². The quantitative estimate of drug-likeness (QED) is 0.317. The van der Waals surface area contributed by atoms with Gasteiger partial charge < -0.3 is 11.2 Å². The molecule has 0 rings (SSSR count). The smallest absolute Gasteiger partial charge is 1.00 e. The van der Waals surface area contributed by atoms with Crippen molar-refractivity contribution in [1.82, 2.24) is 0 Å². The molecular weight excluding hydrogens is 126 g/mol. The maximum atomic E-state index is 9.70. The van der Waals surface area contributed by atoms with E-state index in [0.29, 0.717) is 0 Å². The van der Waals surface area contributed by atoms with Gasteiger partial charge in [0.2, 0.25) is 0 Å². The van der Waals surface area contributed by atoms with Crippen molar-refractivity contribution in [2.45, 2.75) is 6.92 Å². The van der Waals surface area contributed by atoms with Crippen LogP contribution in [0.2, 0.25) is 0 Å². The molecule has 0 saturated carbocycles. The minimum atomic E-state index is -4.17. The van der Waals surface area contributed by atoms with Gasteiger partial charge >= 0.3 is 26.7 Å². The van der Waals surface area contributed by atoms with Crippen molar-refractivity contribution in [3.05, 3.63) is 0 Å². The van der Waals surface area contributed by atoms with Crippen LogP contribution in [-0.4, -0.2) is 16.4 Å². The summed E-state index contributed by atoms with van der Waals surface area (Å²) in [5, 5.41) is 0. The van der Waals surface area contributed by atoms with Crippen LogP contribution < -0.4 is 18.9 Å². The average molecular weight is 134 g/mol. The van der Waals surface area contributed by atoms with E-state index in [1.54, 1.807) is 0 Å². The fraction of sp³-hybridized carbons (Fsp3) is 1.00. The van der Waals surface area contributed by atoms with Gasteiger partial charge in [-0.05, 0) is 6.92 Å². The average Bonchev–Trinajstić information content (AvgIpc) is 1.30. The first-order chi connectivity index (χ1) is 3.06. The number of hydrogen-bond donors (Lipinski definition) is 2. The number of phosphoric ester groups is 1. The van der Waals surface area contributed by atoms with Crippen LogP contribution in [0.3, 0.4) is 0 Å². The van der Waals surface area contributed by atoms with E-state index in [1.807, 2.05) is 0 Å². The molecule has 4 nitrogen and oxygen atoms in total. The van der Waals surface area contributed by atoms with Crippen molar-refractivity contribution < 1.29 is 39.2 Å². The summed E-state index contributed by atoms with van der Waals surface area (Å²) in [6.07, 6.45) is 0. The Kier molecular flexibility index (Phi) is 6.57. The molecular formula is C2H8LiO4P. The molecule has 46 valence electrons. The van der Waals surface area contributed by atoms with Crippen LogP contribution in [0.4, 0.5) is 0 Å². The van der Waals surface area contributed by atoms with Crippen molar-refractivity contribution in [2.24, 2.45) is 0 Å². The molecule has 0 aromatic carbocycles. The molecule has 0 fully saturated rings. The first kappa shape index (κ1) is 11.5. The van der Waals surface area contributed by atoms with Gasteiger partial charge in [-0.2, -0.15) is 0 Å². The summed E-state index contributed by atoms with van der Waals surface area (Å²) in [5.41, 5.74) is 0. The normalized spacial score (nSPS) is 10.4. The Labute approximate surface area is 61.1 Å². The summed E-state index contributed by atoms with van der Waals surface area (Å²) in [5.74, 6) is 0. The van der Waals surface area contributed by atoms with E-state index in [4.69, 9.17) is 9.79 Å². The Balaban J connectivity index is -0.000000180. The molecule has 0 radical (unpaired) electrons. The van der Waals surface area contributed by atoms with Crippen molar-refractivity contribution in [3.63, 3.8) is 0 Å². The molecule has 0 amide bonds. The van der Waals surface area contributed by atoms with Gasteiger partial charge in [0.1, 0.15) is 0 Å². The van der Waals surface area contributed by atoms with E-state index in [1.165, 1.54) is 6.92 Å². The monoisotopic (exact) mass is 134 g/mol. The van der Waals surface area contributed by atoms with Crippen molar-refractivity contribution in [2.75, 3.05) is 6.61 Å². The van der Waals surface area contributed by atoms with Gasteiger partial charge in [-0.25, -0.2) is 4.57 Å². The zero-order valence-corrected chi connectivity index (χ0v) is 5.76. The summed E-state index contributed by atoms with van der Waals surface area (Å²) in [4.78, 5) is 15.8. The van der Waals surface area contributed by atoms with E-state index < -0.39 is 7.82 Å². The van der Waals surface area contributed by atoms with Crippen LogP contribution in [0.1, 0.15) is 8.35 Å². The Morgan fingerprint density at radius 3 is 2.12 bits per heavy atom. The molecule has 0 aliphatic rings. The van der Waals surface area contributed by atoms with Gasteiger partial charge in [-0.3, -0.25) is 4.52 Å². The second-order valence-corrected chi connectivity index (χ2v) is 2.15. The van der Waals surface area contributed by atoms with Crippen molar-refractivity contribution in [1.29, 1.82) is 0 Å². The predicted octanol–water partition coefficient (Wildman–Crippen LogP) is -2.77. The maximum absolute atomic E-state index is 9.70. The molecule has 0 saturated heterocycles. The van der Waals surface area contributed by atoms with Gasteiger partial charge in [0.25, 0.3) is 0 Å². The summed E-state index contributed by atoms with van der Waals surface area (Å²) >= 11 is 0. The summed E-state index contributed by atoms with van der Waals surface area (Å²) < 4.78 is 13.6. The van der Waals surface area contributed by atoms with Gasteiger partial charge in [-0.15, -0.1) is 0 Å². The summed E-state index contributed by atoms with van der Waals surface area (Å²) in [6, 6.07) is 0. The van der Waals surface area contributed by atoms with E-state index in [9.17, 15) is 4.57 Å². The van der Waals surface area contributed by atoms with E-state index in [2.05, 4.69) is 4.52 Å². The second-order valence-electron chi connectivity index (χ2n) is 0.908. The Hall–Kier alpha value is 0.707. The standard InChI is InChI=1S/C2H7O4P.Li.H/c1-2-6-7(3,4)5;;/h2H2,1H3,(H2,3,4,5);;/q;+1;-1. The van der Waals surface area contributed by atoms with Crippen LogP contribution in [0.5, 0.6) is 0 Å². The first-order valence-electron chi connectivity index (χ1n) is 1.76. The Bertz CT molecular complexity index is 92.6. The fourth-order valence-electron chi connectivity index (χ4n) is 0.168. The first-order valence-corrected chi connectivity index (χ1v) is 3.29. The summed E-state index contributed by atoms with van der Waals surface area (Å²) in [7, 11) is -4.17. The van der Waals surface area contributed by atoms with Crippen LogP contribution in [-0.2, 0) is 9.09 Å². The summed E-state index contributed by atoms with van der Waals surface area (Å²) in [6.45, 7) is 1.56. The minimum Gasteiger partial charge on any atom is -1.00 e. The van der Waals surface area contributed by atoms with Crippen molar-refractivity contribution in [3.8, 4) is 0 Å². The molecule has 0 aliphatic heterocycles. The van der Waals surface area contributed by atoms with Crippen LogP contribution in [0.15, 0.2) is 0 Å². The third-order valence-corrected chi connectivity index (χ3v) is 0.892. The molecule has 0 heterocycles. The van der Waals surface area contributed by atoms with Gasteiger partial charge in [0.05, 0.1) is 6.61 Å². The van der Waals surface area contributed by atoms with Gasteiger partial charge in [-0.1, -0.05) is 0 Å². The molecule has 0 spiro atoms. The molecule has 0 unspecified atom stereocenters. The molecule has 6 heteroatoms. The van der Waals surface area contributed by atoms with Crippen molar-refractivity contribution >= 4 is 7.82 Å². The largest absolute Gasteiger partial charge is 1.00 e. The number of phosphoric acid groups is 1. The zero-order chi connectivity index (χ0) is 5.91. The van der Waals surface area contributed by atoms with Crippen LogP contribution in [0, 0.1) is 0 Å². The Morgan fingerprint density at radius 2 is 2.12 bits per heavy atom. The van der Waals surface area contributed by atoms with Crippen LogP contribution in [0.25, 0.3) is 0 Å². The molecule has 0 aromatic heterocycles. The fourth-order valence-corrected chi connectivity index (χ4v) is 0.505. The predicted molar refractivity (Wildman–Crippen MR) is 24.8 cm³/mol. The topological polar surface area (TPSA) is 66.8 Å². The molecule has 0 aliphatic carbocycles. The second kappa shape index (κ2) is 4.57. The third-order valence-electron chi connectivity index (χ3n) is 0.297. The SMILES string of the molecule is CCOP(=O)(O)O.[H-].[Li+]. The van der Waals surface area contributed by atoms with Gasteiger partial charge in [0.15, 0.2) is 0 Å². The third kappa shape index (κ3) is 9.86. The van der Waals surface area contributed by atoms with Gasteiger partial charge in [0, 0.05) is 0 Å².